The number of hydrogen-bond donors (Lipinski definition) is 0. The number of carbonyl (C=O) groups excluding carboxylic acids is 1. The lowest BCUT2D eigenvalue weighted by Crippen LogP contribution is -2.57. The summed E-state index contributed by atoms with van der Waals surface area (Å²) in [5.41, 5.74) is -1.14. The molecule has 2 unspecified atom stereocenters. The summed E-state index contributed by atoms with van der Waals surface area (Å²) in [7, 11) is -0.763. The van der Waals surface area contributed by atoms with Gasteiger partial charge in [0.2, 0.25) is 0 Å². The van der Waals surface area contributed by atoms with E-state index in [2.05, 4.69) is 9.88 Å². The van der Waals surface area contributed by atoms with Crippen LogP contribution < -0.4 is 24.0 Å². The number of likely N-dealkylation sites (tertiary alicyclic amines) is 1. The number of pyridine rings is 1. The number of hydrogen-bond acceptors (Lipinski definition) is 15. The molecule has 3 saturated heterocycles. The summed E-state index contributed by atoms with van der Waals surface area (Å²) in [4.78, 5) is 35.7. The summed E-state index contributed by atoms with van der Waals surface area (Å²) in [6, 6.07) is 22.9. The number of ether oxygens (including phenoxy) is 5. The van der Waals surface area contributed by atoms with Crippen molar-refractivity contribution in [2.75, 3.05) is 76.6 Å². The zero-order valence-corrected chi connectivity index (χ0v) is 48.8. The average molecular weight is 1180 g/mol. The number of alkyl halides is 3. The van der Waals surface area contributed by atoms with Crippen LogP contribution in [0.1, 0.15) is 87.1 Å². The first-order valence-electron chi connectivity index (χ1n) is 27.6. The van der Waals surface area contributed by atoms with Gasteiger partial charge in [-0.3, -0.25) is 14.0 Å². The van der Waals surface area contributed by atoms with Crippen molar-refractivity contribution in [1.82, 2.24) is 24.8 Å². The van der Waals surface area contributed by atoms with Gasteiger partial charge >= 0.3 is 18.3 Å². The molecule has 9 rings (SSSR count). The van der Waals surface area contributed by atoms with E-state index in [1.54, 1.807) is 55.5 Å². The van der Waals surface area contributed by atoms with Gasteiger partial charge in [-0.15, -0.1) is 0 Å². The van der Waals surface area contributed by atoms with Crippen molar-refractivity contribution in [2.45, 2.75) is 121 Å². The topological polar surface area (TPSA) is 158 Å². The van der Waals surface area contributed by atoms with Crippen molar-refractivity contribution in [3.8, 4) is 28.8 Å². The van der Waals surface area contributed by atoms with Crippen molar-refractivity contribution in [1.29, 1.82) is 0 Å². The highest BCUT2D eigenvalue weighted by Crippen LogP contribution is 2.46. The molecule has 6 aromatic rings. The second kappa shape index (κ2) is 25.5. The Morgan fingerprint density at radius 3 is 2.02 bits per heavy atom. The van der Waals surface area contributed by atoms with Gasteiger partial charge in [-0.2, -0.15) is 31.6 Å². The van der Waals surface area contributed by atoms with Crippen molar-refractivity contribution >= 4 is 50.4 Å². The minimum Gasteiger partial charge on any atom is -0.497 e. The van der Waals surface area contributed by atoms with E-state index in [4.69, 9.17) is 49.4 Å². The Hall–Kier alpha value is -6.52. The first-order chi connectivity index (χ1) is 39.1. The Balaban J connectivity index is 1.01. The number of anilines is 2. The summed E-state index contributed by atoms with van der Waals surface area (Å²) >= 11 is 7.10. The van der Waals surface area contributed by atoms with E-state index in [0.717, 1.165) is 36.1 Å². The number of aryl methyl sites for hydroxylation is 2. The Bertz CT molecular complexity index is 3260. The van der Waals surface area contributed by atoms with Crippen molar-refractivity contribution in [3.05, 3.63) is 124 Å². The first-order valence-corrected chi connectivity index (χ1v) is 29.3. The van der Waals surface area contributed by atoms with Crippen LogP contribution in [0.3, 0.4) is 0 Å². The van der Waals surface area contributed by atoms with Crippen LogP contribution in [0, 0.1) is 19.7 Å². The standard InChI is InChI=1S/C60H70ClF4N7O9S/c1-38-12-24-47(25-13-38)82(74,75)80-30-10-29-78-28-9-27-69-26-8-11-44(69)37-79-57-67-54-48(56(68-57)71-35-42-18-19-43(36-71)72(42)58(73)81-59(3,4)5)32-49(61)51(53(54)62)55-52(60(63,64)65)39(2)31-50(66-55)70(33-40-14-20-45(76-6)21-15-40)34-41-16-22-46(77-7)23-17-41/h12-17,20-25,31-32,42-44H,8-11,18-19,26-30,33-37H2,1-7H3/t42?,43?,44-/m0/s1. The molecule has 3 fully saturated rings. The summed E-state index contributed by atoms with van der Waals surface area (Å²) in [5, 5.41) is -0.192. The van der Waals surface area contributed by atoms with Crippen molar-refractivity contribution in [2.24, 2.45) is 0 Å². The summed E-state index contributed by atoms with van der Waals surface area (Å²) in [6.45, 7) is 11.9. The third-order valence-corrected chi connectivity index (χ3v) is 16.6. The quantitative estimate of drug-likeness (QED) is 0.0359. The highest BCUT2D eigenvalue weighted by molar-refractivity contribution is 7.86. The Kier molecular flexibility index (Phi) is 18.7. The van der Waals surface area contributed by atoms with Gasteiger partial charge in [0.1, 0.15) is 40.9 Å². The Morgan fingerprint density at radius 1 is 0.805 bits per heavy atom. The van der Waals surface area contributed by atoms with Crippen LogP contribution in [-0.4, -0.2) is 130 Å². The van der Waals surface area contributed by atoms with E-state index < -0.39 is 50.6 Å². The molecule has 440 valence electrons. The zero-order valence-electron chi connectivity index (χ0n) is 47.2. The molecular weight excluding hydrogens is 1110 g/mol. The number of carbonyl (C=O) groups is 1. The molecule has 0 radical (unpaired) electrons. The number of amides is 1. The number of aromatic nitrogens is 3. The smallest absolute Gasteiger partial charge is 0.418 e. The molecule has 3 aliphatic rings. The van der Waals surface area contributed by atoms with Gasteiger partial charge in [0, 0.05) is 57.4 Å². The molecule has 2 bridgehead atoms. The lowest BCUT2D eigenvalue weighted by atomic mass is 9.98. The molecule has 4 aromatic carbocycles. The van der Waals surface area contributed by atoms with Crippen LogP contribution >= 0.6 is 11.6 Å². The molecule has 82 heavy (non-hydrogen) atoms. The molecule has 1 amide bonds. The van der Waals surface area contributed by atoms with Crippen LogP contribution in [0.25, 0.3) is 22.2 Å². The maximum atomic E-state index is 18.1. The molecule has 0 saturated carbocycles. The third kappa shape index (κ3) is 14.3. The number of benzene rings is 4. The van der Waals surface area contributed by atoms with Crippen LogP contribution in [0.15, 0.2) is 89.8 Å². The minimum absolute atomic E-state index is 0.0167. The van der Waals surface area contributed by atoms with E-state index in [1.165, 1.54) is 31.2 Å². The summed E-state index contributed by atoms with van der Waals surface area (Å²) in [5.74, 6) is 0.503. The van der Waals surface area contributed by atoms with Gasteiger partial charge in [0.15, 0.2) is 5.82 Å². The maximum Gasteiger partial charge on any atom is 0.418 e. The van der Waals surface area contributed by atoms with E-state index in [1.807, 2.05) is 61.8 Å². The fourth-order valence-corrected chi connectivity index (χ4v) is 12.2. The minimum atomic E-state index is -4.99. The molecule has 2 aromatic heterocycles. The molecule has 5 heterocycles. The second-order valence-electron chi connectivity index (χ2n) is 22.1. The number of methoxy groups -OCH3 is 2. The van der Waals surface area contributed by atoms with Crippen LogP contribution in [0.2, 0.25) is 5.02 Å². The lowest BCUT2D eigenvalue weighted by molar-refractivity contribution is -0.137. The monoisotopic (exact) mass is 1180 g/mol. The zero-order chi connectivity index (χ0) is 58.5. The first kappa shape index (κ1) is 60.1. The van der Waals surface area contributed by atoms with Gasteiger partial charge < -0.3 is 33.5 Å². The largest absolute Gasteiger partial charge is 0.497 e. The molecule has 22 heteroatoms. The number of rotatable bonds is 22. The molecular formula is C60H70ClF4N7O9S. The highest BCUT2D eigenvalue weighted by atomic mass is 35.5. The van der Waals surface area contributed by atoms with Gasteiger partial charge in [-0.25, -0.2) is 14.2 Å². The molecule has 3 atom stereocenters. The molecule has 16 nitrogen and oxygen atoms in total. The molecule has 3 aliphatic heterocycles. The fourth-order valence-electron chi connectivity index (χ4n) is 11.0. The average Bonchev–Trinajstić information content (AvgIpc) is 2.04. The fraction of sp³-hybridized carbons (Fsp3) is 0.467. The Morgan fingerprint density at radius 2 is 1.43 bits per heavy atom. The van der Waals surface area contributed by atoms with Gasteiger partial charge in [-0.05, 0) is 145 Å². The molecule has 0 spiro atoms. The van der Waals surface area contributed by atoms with Crippen molar-refractivity contribution < 1.29 is 58.6 Å². The van der Waals surface area contributed by atoms with E-state index in [-0.39, 0.29) is 88.5 Å². The normalized spacial score (nSPS) is 17.6. The van der Waals surface area contributed by atoms with E-state index >= 15 is 17.6 Å². The molecule has 0 aliphatic carbocycles. The molecule has 0 N–H and O–H groups in total. The second-order valence-corrected chi connectivity index (χ2v) is 24.1. The highest BCUT2D eigenvalue weighted by Gasteiger charge is 2.46. The third-order valence-electron chi connectivity index (χ3n) is 15.0. The van der Waals surface area contributed by atoms with Crippen molar-refractivity contribution in [3.63, 3.8) is 0 Å². The van der Waals surface area contributed by atoms with Crippen LogP contribution in [-0.2, 0) is 43.0 Å². The van der Waals surface area contributed by atoms with Gasteiger partial charge in [0.25, 0.3) is 10.1 Å². The van der Waals surface area contributed by atoms with Crippen LogP contribution in [0.4, 0.5) is 34.0 Å². The van der Waals surface area contributed by atoms with Gasteiger partial charge in [-0.1, -0.05) is 53.6 Å². The predicted octanol–water partition coefficient (Wildman–Crippen LogP) is 12.0. The van der Waals surface area contributed by atoms with E-state index in [9.17, 15) is 13.2 Å². The predicted molar refractivity (Wildman–Crippen MR) is 305 cm³/mol. The van der Waals surface area contributed by atoms with Gasteiger partial charge in [0.05, 0.1) is 59.6 Å². The summed E-state index contributed by atoms with van der Waals surface area (Å²) in [6.07, 6.45) is -1.34. The maximum absolute atomic E-state index is 18.1. The number of fused-ring (bicyclic) bond motifs is 3. The lowest BCUT2D eigenvalue weighted by Gasteiger charge is -2.42. The number of nitrogens with zero attached hydrogens (tertiary/aromatic N) is 7. The number of piperazine rings is 1. The SMILES string of the molecule is COc1ccc(CN(Cc2ccc(OC)cc2)c2cc(C)c(C(F)(F)F)c(-c3c(Cl)cc4c(N5CC6CCC(C5)N6C(=O)OC(C)(C)C)nc(OC[C@@H]5CCCN5CCCOCCCOS(=O)(=O)c5ccc(C)cc5)nc4c3F)n2)cc1. The number of halogens is 5. The summed E-state index contributed by atoms with van der Waals surface area (Å²) < 4.78 is 124. The Labute approximate surface area is 481 Å². The van der Waals surface area contributed by atoms with Crippen LogP contribution in [0.5, 0.6) is 17.5 Å². The van der Waals surface area contributed by atoms with E-state index in [0.29, 0.717) is 70.0 Å².